The molecule has 3 aromatic heterocycles. The van der Waals surface area contributed by atoms with Gasteiger partial charge in [0.25, 0.3) is 5.56 Å². The number of nitrogens with one attached hydrogen (secondary N) is 1. The fourth-order valence-corrected chi connectivity index (χ4v) is 4.08. The molecule has 5 rings (SSSR count). The van der Waals surface area contributed by atoms with Gasteiger partial charge in [-0.1, -0.05) is 17.3 Å². The molecule has 1 aliphatic rings. The van der Waals surface area contributed by atoms with Crippen LogP contribution in [0.4, 0.5) is 0 Å². The van der Waals surface area contributed by atoms with E-state index in [0.717, 1.165) is 24.0 Å². The van der Waals surface area contributed by atoms with E-state index in [1.165, 1.54) is 6.42 Å². The molecule has 1 unspecified atom stereocenters. The first-order chi connectivity index (χ1) is 13.6. The van der Waals surface area contributed by atoms with Gasteiger partial charge in [0.05, 0.1) is 11.0 Å². The average molecular weight is 378 g/mol. The van der Waals surface area contributed by atoms with Crippen LogP contribution >= 0.6 is 0 Å². The fourth-order valence-electron chi connectivity index (χ4n) is 4.08. The average Bonchev–Trinajstić information content (AvgIpc) is 3.42. The van der Waals surface area contributed by atoms with Crippen LogP contribution < -0.4 is 10.9 Å². The molecule has 0 radical (unpaired) electrons. The van der Waals surface area contributed by atoms with Gasteiger partial charge in [-0.3, -0.25) is 9.20 Å². The van der Waals surface area contributed by atoms with E-state index >= 15 is 0 Å². The lowest BCUT2D eigenvalue weighted by atomic mass is 10.1. The number of fused-ring (bicyclic) bond motifs is 3. The van der Waals surface area contributed by atoms with Gasteiger partial charge in [0, 0.05) is 18.5 Å². The summed E-state index contributed by atoms with van der Waals surface area (Å²) in [5.74, 6) is 0.929. The maximum absolute atomic E-state index is 13.3. The Balaban J connectivity index is 1.67. The minimum atomic E-state index is -0.106. The van der Waals surface area contributed by atoms with Crippen molar-refractivity contribution in [3.05, 3.63) is 46.8 Å². The lowest BCUT2D eigenvalue weighted by Crippen LogP contribution is -2.24. The number of rotatable bonds is 4. The quantitative estimate of drug-likeness (QED) is 0.587. The molecule has 4 heterocycles. The van der Waals surface area contributed by atoms with Crippen LogP contribution in [0.3, 0.4) is 0 Å². The number of hydrogen-bond donors (Lipinski definition) is 1. The molecule has 1 saturated heterocycles. The van der Waals surface area contributed by atoms with E-state index in [-0.39, 0.29) is 11.6 Å². The van der Waals surface area contributed by atoms with Gasteiger partial charge < -0.3 is 14.4 Å². The zero-order chi connectivity index (χ0) is 19.3. The predicted molar refractivity (Wildman–Crippen MR) is 105 cm³/mol. The van der Waals surface area contributed by atoms with E-state index in [0.29, 0.717) is 35.4 Å². The van der Waals surface area contributed by atoms with Gasteiger partial charge in [0.2, 0.25) is 11.7 Å². The molecule has 0 spiro atoms. The molecule has 28 heavy (non-hydrogen) atoms. The molecule has 8 heteroatoms. The number of para-hydroxylation sites is 2. The normalized spacial score (nSPS) is 17.3. The zero-order valence-corrected chi connectivity index (χ0v) is 15.9. The molecule has 1 aliphatic heterocycles. The molecule has 1 aromatic carbocycles. The van der Waals surface area contributed by atoms with Crippen LogP contribution in [-0.2, 0) is 6.42 Å². The summed E-state index contributed by atoms with van der Waals surface area (Å²) in [7, 11) is 0. The smallest absolute Gasteiger partial charge is 0.278 e. The van der Waals surface area contributed by atoms with Gasteiger partial charge >= 0.3 is 0 Å². The van der Waals surface area contributed by atoms with Gasteiger partial charge in [-0.2, -0.15) is 4.98 Å². The Morgan fingerprint density at radius 2 is 2.11 bits per heavy atom. The monoisotopic (exact) mass is 378 g/mol. The van der Waals surface area contributed by atoms with E-state index < -0.39 is 0 Å². The van der Waals surface area contributed by atoms with Crippen molar-refractivity contribution in [2.24, 2.45) is 0 Å². The largest absolute Gasteiger partial charge is 0.339 e. The number of nitrogens with zero attached hydrogens (tertiary/aromatic N) is 5. The van der Waals surface area contributed by atoms with Crippen LogP contribution in [0.5, 0.6) is 0 Å². The number of aromatic nitrogens is 5. The van der Waals surface area contributed by atoms with Crippen LogP contribution in [0.1, 0.15) is 38.6 Å². The maximum atomic E-state index is 13.3. The van der Waals surface area contributed by atoms with Crippen molar-refractivity contribution in [1.29, 1.82) is 0 Å². The van der Waals surface area contributed by atoms with Crippen LogP contribution in [0.2, 0.25) is 0 Å². The molecule has 4 aromatic rings. The third-order valence-electron chi connectivity index (χ3n) is 5.37. The van der Waals surface area contributed by atoms with Crippen LogP contribution in [0.25, 0.3) is 28.1 Å². The third kappa shape index (κ3) is 2.63. The lowest BCUT2D eigenvalue weighted by molar-refractivity contribution is 0.364. The highest BCUT2D eigenvalue weighted by molar-refractivity contribution is 5.83. The Morgan fingerprint density at radius 1 is 1.29 bits per heavy atom. The molecule has 144 valence electrons. The molecule has 1 fully saturated rings. The summed E-state index contributed by atoms with van der Waals surface area (Å²) in [6.45, 7) is 5.03. The van der Waals surface area contributed by atoms with E-state index in [1.807, 2.05) is 42.5 Å². The van der Waals surface area contributed by atoms with E-state index in [9.17, 15) is 4.79 Å². The summed E-state index contributed by atoms with van der Waals surface area (Å²) in [4.78, 5) is 22.3. The summed E-state index contributed by atoms with van der Waals surface area (Å²) >= 11 is 0. The second kappa shape index (κ2) is 6.56. The summed E-state index contributed by atoms with van der Waals surface area (Å²) in [6.07, 6.45) is 4.63. The van der Waals surface area contributed by atoms with Gasteiger partial charge in [0.1, 0.15) is 17.5 Å². The third-order valence-corrected chi connectivity index (χ3v) is 5.37. The molecular formula is C20H22N6O2. The topological polar surface area (TPSA) is 90.2 Å². The minimum Gasteiger partial charge on any atom is -0.339 e. The Bertz CT molecular complexity index is 1210. The van der Waals surface area contributed by atoms with Crippen LogP contribution in [-0.4, -0.2) is 36.7 Å². The van der Waals surface area contributed by atoms with E-state index in [4.69, 9.17) is 4.52 Å². The predicted octanol–water partition coefficient (Wildman–Crippen LogP) is 2.57. The SMILES string of the molecule is CC(C)n1c(=O)c2c(-c3noc(CC4CCCN4)n3)ncn2c2ccccc21. The number of imidazole rings is 1. The van der Waals surface area contributed by atoms with Gasteiger partial charge in [0.15, 0.2) is 0 Å². The van der Waals surface area contributed by atoms with Gasteiger partial charge in [-0.05, 0) is 45.4 Å². The Kier molecular flexibility index (Phi) is 4.01. The number of hydrogen-bond acceptors (Lipinski definition) is 6. The summed E-state index contributed by atoms with van der Waals surface area (Å²) in [5.41, 5.74) is 2.62. The van der Waals surface area contributed by atoms with E-state index in [2.05, 4.69) is 20.4 Å². The summed E-state index contributed by atoms with van der Waals surface area (Å²) < 4.78 is 9.06. The zero-order valence-electron chi connectivity index (χ0n) is 15.9. The number of benzene rings is 1. The molecular weight excluding hydrogens is 356 g/mol. The Labute approximate surface area is 161 Å². The van der Waals surface area contributed by atoms with Crippen molar-refractivity contribution in [3.63, 3.8) is 0 Å². The Hall–Kier alpha value is -3.00. The first kappa shape index (κ1) is 17.1. The second-order valence-electron chi connectivity index (χ2n) is 7.58. The minimum absolute atomic E-state index is 0.0134. The molecule has 1 atom stereocenters. The summed E-state index contributed by atoms with van der Waals surface area (Å²) in [6, 6.07) is 8.22. The van der Waals surface area contributed by atoms with Crippen LogP contribution in [0.15, 0.2) is 39.9 Å². The molecule has 0 amide bonds. The van der Waals surface area contributed by atoms with Crippen molar-refractivity contribution in [1.82, 2.24) is 29.4 Å². The molecule has 1 N–H and O–H groups in total. The fraction of sp³-hybridized carbons (Fsp3) is 0.400. The van der Waals surface area contributed by atoms with Crippen molar-refractivity contribution >= 4 is 16.6 Å². The highest BCUT2D eigenvalue weighted by atomic mass is 16.5. The standard InChI is InChI=1S/C20H22N6O2/c1-12(2)26-15-8-4-3-7-14(15)25-11-22-17(18(25)20(26)27)19-23-16(28-24-19)10-13-6-5-9-21-13/h3-4,7-8,11-13,21H,5-6,9-10H2,1-2H3. The highest BCUT2D eigenvalue weighted by Gasteiger charge is 2.23. The van der Waals surface area contributed by atoms with Gasteiger partial charge in [-0.25, -0.2) is 4.98 Å². The van der Waals surface area contributed by atoms with Crippen molar-refractivity contribution in [2.75, 3.05) is 6.54 Å². The van der Waals surface area contributed by atoms with Gasteiger partial charge in [-0.15, -0.1) is 0 Å². The first-order valence-electron chi connectivity index (χ1n) is 9.70. The van der Waals surface area contributed by atoms with Crippen molar-refractivity contribution in [2.45, 2.75) is 45.2 Å². The lowest BCUT2D eigenvalue weighted by Gasteiger charge is -2.15. The molecule has 0 bridgehead atoms. The Morgan fingerprint density at radius 3 is 2.86 bits per heavy atom. The second-order valence-corrected chi connectivity index (χ2v) is 7.58. The highest BCUT2D eigenvalue weighted by Crippen LogP contribution is 2.24. The molecule has 0 aliphatic carbocycles. The van der Waals surface area contributed by atoms with E-state index in [1.54, 1.807) is 10.9 Å². The summed E-state index contributed by atoms with van der Waals surface area (Å²) in [5, 5.41) is 7.54. The maximum Gasteiger partial charge on any atom is 0.278 e. The van der Waals surface area contributed by atoms with Crippen LogP contribution in [0, 0.1) is 0 Å². The molecule has 8 nitrogen and oxygen atoms in total. The van der Waals surface area contributed by atoms with Crippen molar-refractivity contribution < 1.29 is 4.52 Å². The molecule has 0 saturated carbocycles. The van der Waals surface area contributed by atoms with Crippen molar-refractivity contribution in [3.8, 4) is 11.5 Å². The first-order valence-corrected chi connectivity index (χ1v) is 9.70.